The first kappa shape index (κ1) is 13.9. The molecule has 1 aromatic rings. The van der Waals surface area contributed by atoms with Gasteiger partial charge in [0.05, 0.1) is 6.61 Å². The van der Waals surface area contributed by atoms with E-state index < -0.39 is 26.6 Å². The smallest absolute Gasteiger partial charge is 0.244 e. The van der Waals surface area contributed by atoms with Gasteiger partial charge in [-0.3, -0.25) is 0 Å². The summed E-state index contributed by atoms with van der Waals surface area (Å²) in [6.45, 7) is 0.708. The summed E-state index contributed by atoms with van der Waals surface area (Å²) in [5.41, 5.74) is 0. The molecule has 1 aliphatic rings. The molecule has 0 spiro atoms. The molecule has 0 radical (unpaired) electrons. The Morgan fingerprint density at radius 3 is 2.67 bits per heavy atom. The van der Waals surface area contributed by atoms with E-state index >= 15 is 0 Å². The van der Waals surface area contributed by atoms with Crippen LogP contribution in [0.4, 0.5) is 8.78 Å². The van der Waals surface area contributed by atoms with Crippen LogP contribution < -0.4 is 4.72 Å². The Bertz CT molecular complexity index is 535. The molecule has 1 N–H and O–H groups in total. The number of benzene rings is 1. The van der Waals surface area contributed by atoms with Crippen molar-refractivity contribution in [1.29, 1.82) is 0 Å². The van der Waals surface area contributed by atoms with Crippen molar-refractivity contribution >= 4 is 26.0 Å². The van der Waals surface area contributed by atoms with Gasteiger partial charge in [0.2, 0.25) is 10.0 Å². The summed E-state index contributed by atoms with van der Waals surface area (Å²) in [6.07, 6.45) is 0.527. The summed E-state index contributed by atoms with van der Waals surface area (Å²) >= 11 is 2.85. The van der Waals surface area contributed by atoms with Crippen molar-refractivity contribution < 1.29 is 21.9 Å². The van der Waals surface area contributed by atoms with E-state index in [1.54, 1.807) is 0 Å². The van der Waals surface area contributed by atoms with E-state index in [0.717, 1.165) is 6.07 Å². The Hall–Kier alpha value is -0.570. The normalized spacial score (nSPS) is 20.3. The van der Waals surface area contributed by atoms with Crippen molar-refractivity contribution in [2.75, 3.05) is 13.2 Å². The number of halogens is 3. The number of rotatable bonds is 3. The third-order valence-corrected chi connectivity index (χ3v) is 4.97. The van der Waals surface area contributed by atoms with E-state index in [0.29, 0.717) is 19.1 Å². The third-order valence-electron chi connectivity index (χ3n) is 2.48. The van der Waals surface area contributed by atoms with Crippen molar-refractivity contribution in [1.82, 2.24) is 4.72 Å². The van der Waals surface area contributed by atoms with Gasteiger partial charge in [0.1, 0.15) is 16.5 Å². The maximum atomic E-state index is 13.6. The Balaban J connectivity index is 2.34. The van der Waals surface area contributed by atoms with Gasteiger partial charge < -0.3 is 4.74 Å². The highest BCUT2D eigenvalue weighted by Gasteiger charge is 2.28. The van der Waals surface area contributed by atoms with Gasteiger partial charge in [-0.25, -0.2) is 21.9 Å². The summed E-state index contributed by atoms with van der Waals surface area (Å²) in [7, 11) is -4.04. The lowest BCUT2D eigenvalue weighted by Crippen LogP contribution is -2.35. The average molecular weight is 342 g/mol. The van der Waals surface area contributed by atoms with Gasteiger partial charge in [-0.2, -0.15) is 0 Å². The molecule has 1 aliphatic heterocycles. The highest BCUT2D eigenvalue weighted by molar-refractivity contribution is 9.10. The molecule has 0 bridgehead atoms. The lowest BCUT2D eigenvalue weighted by atomic mass is 10.3. The monoisotopic (exact) mass is 341 g/mol. The second kappa shape index (κ2) is 5.20. The summed E-state index contributed by atoms with van der Waals surface area (Å²) < 4.78 is 57.6. The highest BCUT2D eigenvalue weighted by atomic mass is 79.9. The number of ether oxygens (including phenoxy) is 1. The van der Waals surface area contributed by atoms with Crippen molar-refractivity contribution in [3.05, 3.63) is 28.2 Å². The standard InChI is InChI=1S/C10H10BrF2NO3S/c11-8-3-6(12)4-9(13)10(8)18(15,16)14-7-1-2-17-5-7/h3-4,7,14H,1-2,5H2. The molecule has 1 heterocycles. The minimum atomic E-state index is -4.04. The maximum absolute atomic E-state index is 13.6. The topological polar surface area (TPSA) is 55.4 Å². The first-order valence-corrected chi connectivity index (χ1v) is 7.42. The Morgan fingerprint density at radius 2 is 2.11 bits per heavy atom. The lowest BCUT2D eigenvalue weighted by Gasteiger charge is -2.13. The van der Waals surface area contributed by atoms with Crippen LogP contribution in [0, 0.1) is 11.6 Å². The van der Waals surface area contributed by atoms with Gasteiger partial charge in [0.15, 0.2) is 0 Å². The molecule has 100 valence electrons. The quantitative estimate of drug-likeness (QED) is 0.911. The molecule has 4 nitrogen and oxygen atoms in total. The lowest BCUT2D eigenvalue weighted by molar-refractivity contribution is 0.192. The van der Waals surface area contributed by atoms with Crippen LogP contribution in [0.5, 0.6) is 0 Å². The van der Waals surface area contributed by atoms with Crippen LogP contribution in [0.1, 0.15) is 6.42 Å². The van der Waals surface area contributed by atoms with Crippen molar-refractivity contribution in [2.24, 2.45) is 0 Å². The molecule has 8 heteroatoms. The van der Waals surface area contributed by atoms with Crippen LogP contribution in [0.2, 0.25) is 0 Å². The molecule has 0 amide bonds. The molecule has 1 aromatic carbocycles. The van der Waals surface area contributed by atoms with E-state index in [2.05, 4.69) is 20.7 Å². The predicted molar refractivity (Wildman–Crippen MR) is 63.6 cm³/mol. The second-order valence-corrected chi connectivity index (χ2v) is 6.39. The van der Waals surface area contributed by atoms with Crippen molar-refractivity contribution in [3.63, 3.8) is 0 Å². The summed E-state index contributed by atoms with van der Waals surface area (Å²) in [6, 6.07) is 1.05. The van der Waals surface area contributed by atoms with E-state index in [9.17, 15) is 17.2 Å². The van der Waals surface area contributed by atoms with E-state index in [-0.39, 0.29) is 17.1 Å². The number of nitrogens with one attached hydrogen (secondary N) is 1. The largest absolute Gasteiger partial charge is 0.380 e. The summed E-state index contributed by atoms with van der Waals surface area (Å²) in [5.74, 6) is -1.98. The van der Waals surface area contributed by atoms with Crippen molar-refractivity contribution in [2.45, 2.75) is 17.4 Å². The maximum Gasteiger partial charge on any atom is 0.244 e. The Morgan fingerprint density at radius 1 is 1.39 bits per heavy atom. The summed E-state index contributed by atoms with van der Waals surface area (Å²) in [5, 5.41) is 0. The van der Waals surface area contributed by atoms with Gasteiger partial charge in [0, 0.05) is 23.2 Å². The molecule has 0 saturated carbocycles. The van der Waals surface area contributed by atoms with Crippen LogP contribution >= 0.6 is 15.9 Å². The zero-order chi connectivity index (χ0) is 13.3. The van der Waals surface area contributed by atoms with Gasteiger partial charge >= 0.3 is 0 Å². The minimum Gasteiger partial charge on any atom is -0.380 e. The fourth-order valence-corrected chi connectivity index (χ4v) is 4.11. The number of sulfonamides is 1. The second-order valence-electron chi connectivity index (χ2n) is 3.88. The average Bonchev–Trinajstić information content (AvgIpc) is 2.66. The highest BCUT2D eigenvalue weighted by Crippen LogP contribution is 2.26. The molecular weight excluding hydrogens is 332 g/mol. The van der Waals surface area contributed by atoms with Crippen LogP contribution in [-0.4, -0.2) is 27.7 Å². The molecule has 2 rings (SSSR count). The molecule has 1 saturated heterocycles. The van der Waals surface area contributed by atoms with E-state index in [1.165, 1.54) is 0 Å². The summed E-state index contributed by atoms with van der Waals surface area (Å²) in [4.78, 5) is -0.587. The number of hydrogen-bond acceptors (Lipinski definition) is 3. The predicted octanol–water partition coefficient (Wildman–Crippen LogP) is 1.79. The van der Waals surface area contributed by atoms with Crippen LogP contribution in [0.15, 0.2) is 21.5 Å². The molecule has 1 fully saturated rings. The molecular formula is C10H10BrF2NO3S. The molecule has 0 aliphatic carbocycles. The zero-order valence-electron chi connectivity index (χ0n) is 9.12. The molecule has 1 unspecified atom stereocenters. The van der Waals surface area contributed by atoms with Gasteiger partial charge in [-0.05, 0) is 28.4 Å². The molecule has 1 atom stereocenters. The first-order chi connectivity index (χ1) is 8.40. The van der Waals surface area contributed by atoms with E-state index in [4.69, 9.17) is 4.74 Å². The van der Waals surface area contributed by atoms with Crippen molar-refractivity contribution in [3.8, 4) is 0 Å². The van der Waals surface area contributed by atoms with Crippen LogP contribution in [-0.2, 0) is 14.8 Å². The third kappa shape index (κ3) is 2.87. The van der Waals surface area contributed by atoms with Gasteiger partial charge in [0.25, 0.3) is 0 Å². The fourth-order valence-electron chi connectivity index (χ4n) is 1.69. The zero-order valence-corrected chi connectivity index (χ0v) is 11.5. The first-order valence-electron chi connectivity index (χ1n) is 5.15. The van der Waals surface area contributed by atoms with Gasteiger partial charge in [-0.15, -0.1) is 0 Å². The van der Waals surface area contributed by atoms with E-state index in [1.807, 2.05) is 0 Å². The Kier molecular flexibility index (Phi) is 4.00. The Labute approximate surface area is 112 Å². The minimum absolute atomic E-state index is 0.147. The van der Waals surface area contributed by atoms with Gasteiger partial charge in [-0.1, -0.05) is 0 Å². The molecule has 18 heavy (non-hydrogen) atoms. The number of hydrogen-bond donors (Lipinski definition) is 1. The fraction of sp³-hybridized carbons (Fsp3) is 0.400. The SMILES string of the molecule is O=S(=O)(NC1CCOC1)c1c(F)cc(F)cc1Br. The van der Waals surface area contributed by atoms with Crippen LogP contribution in [0.3, 0.4) is 0 Å². The molecule has 0 aromatic heterocycles. The van der Waals surface area contributed by atoms with Crippen LogP contribution in [0.25, 0.3) is 0 Å².